The Morgan fingerprint density at radius 2 is 0.732 bits per heavy atom. The number of halogens is 3. The van der Waals surface area contributed by atoms with Crippen LogP contribution in [0.5, 0.6) is 46.0 Å². The number of ether oxygens (including phenoxy) is 10. The topological polar surface area (TPSA) is 275 Å². The van der Waals surface area contributed by atoms with Crippen LogP contribution in [0.25, 0.3) is 0 Å². The van der Waals surface area contributed by atoms with E-state index in [1.54, 1.807) is 47.6 Å². The quantitative estimate of drug-likeness (QED) is 0.0262. The van der Waals surface area contributed by atoms with E-state index in [9.17, 15) is 57.9 Å². The molecule has 3 heterocycles. The lowest BCUT2D eigenvalue weighted by molar-refractivity contribution is -0.906. The number of benzene rings is 8. The molecule has 112 heavy (non-hydrogen) atoms. The third-order valence-electron chi connectivity index (χ3n) is 20.4. The molecule has 22 nitrogen and oxygen atoms in total. The van der Waals surface area contributed by atoms with Crippen molar-refractivity contribution in [2.75, 3.05) is 116 Å². The number of carbonyl (C=O) groups excluding carboxylic acids is 3. The Labute approximate surface area is 654 Å². The number of carboxylic acids is 2. The monoisotopic (exact) mass is 1550 g/mol. The molecule has 3 saturated heterocycles. The van der Waals surface area contributed by atoms with E-state index in [4.69, 9.17) is 47.4 Å². The smallest absolute Gasteiger partial charge is 0.349 e. The summed E-state index contributed by atoms with van der Waals surface area (Å²) < 4.78 is 90.8. The molecule has 0 saturated carbocycles. The first kappa shape index (κ1) is 88.8. The number of likely N-dealkylation sites (tertiary alicyclic amines) is 3. The Morgan fingerprint density at radius 3 is 1.03 bits per heavy atom. The number of piperidine rings is 3. The summed E-state index contributed by atoms with van der Waals surface area (Å²) in [5, 5.41) is 53.5. The molecule has 11 rings (SSSR count). The average molecular weight is 1550 g/mol. The zero-order valence-electron chi connectivity index (χ0n) is 64.0. The first-order valence-corrected chi connectivity index (χ1v) is 36.9. The molecule has 0 amide bonds. The maximum atomic E-state index is 13.0. The summed E-state index contributed by atoms with van der Waals surface area (Å²) in [7, 11) is 12.5. The third kappa shape index (κ3) is 25.6. The van der Waals surface area contributed by atoms with Crippen LogP contribution in [-0.4, -0.2) is 182 Å². The van der Waals surface area contributed by atoms with Gasteiger partial charge in [0.1, 0.15) is 29.0 Å². The van der Waals surface area contributed by atoms with Crippen LogP contribution in [0, 0.1) is 35.2 Å². The fraction of sp³-hybridized carbons (Fsp3) is 0.402. The number of aliphatic hydroxyl groups is 3. The van der Waals surface area contributed by atoms with E-state index < -0.39 is 54.4 Å². The zero-order valence-corrected chi connectivity index (χ0v) is 64.0. The molecule has 604 valence electrons. The highest BCUT2D eigenvalue weighted by atomic mass is 19.1. The summed E-state index contributed by atoms with van der Waals surface area (Å²) in [6.07, 6.45) is 2.07. The minimum atomic E-state index is -2.39. The van der Waals surface area contributed by atoms with E-state index in [0.717, 1.165) is 145 Å². The Morgan fingerprint density at radius 1 is 0.420 bits per heavy atom. The van der Waals surface area contributed by atoms with E-state index in [-0.39, 0.29) is 53.8 Å². The molecule has 0 radical (unpaired) electrons. The molecular formula is C87H106F3N3O19. The van der Waals surface area contributed by atoms with Crippen LogP contribution in [0.4, 0.5) is 13.2 Å². The number of hydrogen-bond donors (Lipinski definition) is 5. The lowest BCUT2D eigenvalue weighted by atomic mass is 9.87. The maximum Gasteiger partial charge on any atom is 0.349 e. The Bertz CT molecular complexity index is 3800. The van der Waals surface area contributed by atoms with Crippen molar-refractivity contribution in [2.24, 2.45) is 17.8 Å². The molecule has 5 atom stereocenters. The Kier molecular flexibility index (Phi) is 35.8. The summed E-state index contributed by atoms with van der Waals surface area (Å²) in [6.45, 7) is 8.84. The van der Waals surface area contributed by atoms with Crippen LogP contribution in [0.2, 0.25) is 0 Å². The van der Waals surface area contributed by atoms with Crippen molar-refractivity contribution in [1.82, 2.24) is 9.80 Å². The predicted octanol–water partition coefficient (Wildman–Crippen LogP) is 11.0. The molecule has 3 aliphatic heterocycles. The summed E-state index contributed by atoms with van der Waals surface area (Å²) in [6, 6.07) is 48.0. The number of esters is 2. The average Bonchev–Trinajstić information content (AvgIpc) is 0.829. The molecule has 8 aromatic rings. The largest absolute Gasteiger partial charge is 0.546 e. The second-order valence-electron chi connectivity index (χ2n) is 27.2. The number of aliphatic hydroxyl groups excluding tert-OH is 3. The van der Waals surface area contributed by atoms with Gasteiger partial charge in [0.15, 0.2) is 40.6 Å². The van der Waals surface area contributed by atoms with Crippen LogP contribution in [0.1, 0.15) is 118 Å². The number of para-hydroxylation sites is 3. The minimum Gasteiger partial charge on any atom is -0.546 e. The van der Waals surface area contributed by atoms with Gasteiger partial charge in [0, 0.05) is 49.0 Å². The van der Waals surface area contributed by atoms with E-state index in [1.165, 1.54) is 105 Å². The van der Waals surface area contributed by atoms with Crippen molar-refractivity contribution >= 4 is 23.9 Å². The van der Waals surface area contributed by atoms with Gasteiger partial charge in [-0.15, -0.1) is 0 Å². The second kappa shape index (κ2) is 45.2. The first-order valence-electron chi connectivity index (χ1n) is 36.9. The van der Waals surface area contributed by atoms with Crippen LogP contribution in [-0.2, 0) is 38.3 Å². The third-order valence-corrected chi connectivity index (χ3v) is 20.4. The van der Waals surface area contributed by atoms with Gasteiger partial charge >= 0.3 is 17.9 Å². The number of quaternary nitrogens is 1. The van der Waals surface area contributed by atoms with Crippen LogP contribution < -0.4 is 47.9 Å². The second-order valence-corrected chi connectivity index (χ2v) is 27.2. The zero-order chi connectivity index (χ0) is 79.9. The molecule has 0 bridgehead atoms. The number of rotatable bonds is 30. The summed E-state index contributed by atoms with van der Waals surface area (Å²) in [5.41, 5.74) is 5.72. The highest BCUT2D eigenvalue weighted by molar-refractivity contribution is 5.95. The molecule has 3 fully saturated rings. The highest BCUT2D eigenvalue weighted by Crippen LogP contribution is 2.43. The SMILES string of the molecule is C.COc1ccc(C(=O)O[C@H](C(=O)[O-])[C@H](OC(=O)c2ccc(OC)cc2)C(=O)O)cc1.COc1cccc(C(O)C2CCN(CCc3ccc(F)cc3)CC2)c1OC.COc1cccc([C@@H](O)C2CCN(CCc3ccc(F)cc3)CC2)c1OC.COc1cccc([C@@H](O)C2CC[NH+](CCc3ccc(F)cc3)CC2)c1OC. The Balaban J connectivity index is 0.000000207. The van der Waals surface area contributed by atoms with E-state index in [0.29, 0.717) is 46.0 Å². The van der Waals surface area contributed by atoms with Gasteiger partial charge in [0.05, 0.1) is 112 Å². The fourth-order valence-electron chi connectivity index (χ4n) is 13.9. The molecule has 0 aromatic heterocycles. The van der Waals surface area contributed by atoms with Gasteiger partial charge in [-0.1, -0.05) is 80.2 Å². The van der Waals surface area contributed by atoms with E-state index in [1.807, 2.05) is 91.0 Å². The lowest BCUT2D eigenvalue weighted by Gasteiger charge is -2.34. The number of methoxy groups -OCH3 is 8. The standard InChI is InChI=1S/3C22H28FNO3.C20H18O10.CH4/c3*1-26-20-5-3-4-19(22(20)27-2)21(25)17-11-14-24(15-12-17)13-10-16-6-8-18(23)9-7-16;1-27-13-7-3-11(4-8-13)19(25)29-15(17(21)22)16(18(23)24)30-20(26)12-5-9-14(28-2)10-6-12;/h3*3-9,17,21,25H,10-15H2,1-2H3;3-10,15-16H,1-2H3,(H,21,22)(H,23,24);1H4/t2*21-;;15-,16-;/m00.0./s1. The van der Waals surface area contributed by atoms with Gasteiger partial charge < -0.3 is 92.4 Å². The molecule has 8 aromatic carbocycles. The van der Waals surface area contributed by atoms with Gasteiger partial charge in [0.25, 0.3) is 0 Å². The normalized spacial score (nSPS) is 16.4. The molecule has 1 unspecified atom stereocenters. The van der Waals surface area contributed by atoms with Crippen molar-refractivity contribution in [3.63, 3.8) is 0 Å². The fourth-order valence-corrected chi connectivity index (χ4v) is 13.9. The molecule has 0 aliphatic carbocycles. The molecule has 0 spiro atoms. The number of carboxylic acid groups (broad SMARTS) is 2. The van der Waals surface area contributed by atoms with Crippen LogP contribution in [0.15, 0.2) is 176 Å². The maximum absolute atomic E-state index is 13.0. The summed E-state index contributed by atoms with van der Waals surface area (Å²) in [4.78, 5) is 53.7. The van der Waals surface area contributed by atoms with Gasteiger partial charge in [0.2, 0.25) is 6.10 Å². The van der Waals surface area contributed by atoms with Crippen molar-refractivity contribution in [3.8, 4) is 46.0 Å². The number of carbonyl (C=O) groups is 4. The lowest BCUT2D eigenvalue weighted by Crippen LogP contribution is -3.13. The van der Waals surface area contributed by atoms with Gasteiger partial charge in [-0.2, -0.15) is 0 Å². The minimum absolute atomic E-state index is 0. The van der Waals surface area contributed by atoms with Crippen molar-refractivity contribution in [3.05, 3.63) is 238 Å². The van der Waals surface area contributed by atoms with Gasteiger partial charge in [-0.05, 0) is 202 Å². The van der Waals surface area contributed by atoms with Crippen molar-refractivity contribution in [1.29, 1.82) is 0 Å². The van der Waals surface area contributed by atoms with Gasteiger partial charge in [-0.3, -0.25) is 0 Å². The Hall–Kier alpha value is -10.4. The van der Waals surface area contributed by atoms with E-state index >= 15 is 0 Å². The number of hydrogen-bond acceptors (Lipinski definition) is 20. The molecule has 25 heteroatoms. The van der Waals surface area contributed by atoms with Crippen LogP contribution in [0.3, 0.4) is 0 Å². The number of nitrogens with one attached hydrogen (secondary N) is 1. The summed E-state index contributed by atoms with van der Waals surface area (Å²) >= 11 is 0. The van der Waals surface area contributed by atoms with Crippen molar-refractivity contribution < 1.29 is 110 Å². The highest BCUT2D eigenvalue weighted by Gasteiger charge is 2.38. The van der Waals surface area contributed by atoms with Crippen LogP contribution >= 0.6 is 0 Å². The first-order chi connectivity index (χ1) is 53.6. The predicted molar refractivity (Wildman–Crippen MR) is 414 cm³/mol. The number of nitrogens with zero attached hydrogens (tertiary/aromatic N) is 2. The van der Waals surface area contributed by atoms with Crippen molar-refractivity contribution in [2.45, 2.75) is 95.7 Å². The molecule has 3 aliphatic rings. The van der Waals surface area contributed by atoms with Gasteiger partial charge in [-0.25, -0.2) is 27.6 Å². The molecular weight excluding hydrogens is 1450 g/mol. The van der Waals surface area contributed by atoms with E-state index in [2.05, 4.69) is 9.80 Å². The molecule has 5 N–H and O–H groups in total. The summed E-state index contributed by atoms with van der Waals surface area (Å²) in [5.74, 6) is -1.47. The number of aliphatic carboxylic acids is 2.